The van der Waals surface area contributed by atoms with E-state index in [0.29, 0.717) is 6.04 Å². The minimum Gasteiger partial charge on any atom is -0.310 e. The van der Waals surface area contributed by atoms with Gasteiger partial charge in [0.25, 0.3) is 0 Å². The Hall–Kier alpha value is -0.0900. The lowest BCUT2D eigenvalue weighted by molar-refractivity contribution is 0.383. The first-order valence-corrected chi connectivity index (χ1v) is 4.93. The highest BCUT2D eigenvalue weighted by Crippen LogP contribution is 2.22. The van der Waals surface area contributed by atoms with Crippen LogP contribution in [0.25, 0.3) is 0 Å². The van der Waals surface area contributed by atoms with Gasteiger partial charge in [0.2, 0.25) is 0 Å². The van der Waals surface area contributed by atoms with E-state index in [4.69, 9.17) is 0 Å². The molecule has 2 heteroatoms. The third-order valence-corrected chi connectivity index (χ3v) is 2.82. The van der Waals surface area contributed by atoms with Crippen LogP contribution in [0.3, 0.4) is 0 Å². The van der Waals surface area contributed by atoms with Gasteiger partial charge in [-0.1, -0.05) is 12.1 Å². The molecule has 1 aromatic carbocycles. The van der Waals surface area contributed by atoms with Gasteiger partial charge in [-0.25, -0.2) is 0 Å². The molecule has 0 unspecified atom stereocenters. The molecule has 11 heavy (non-hydrogen) atoms. The van der Waals surface area contributed by atoms with Crippen LogP contribution in [0.4, 0.5) is 0 Å². The maximum atomic E-state index is 3.38. The second kappa shape index (κ2) is 3.11. The zero-order valence-corrected chi connectivity index (χ0v) is 8.34. The van der Waals surface area contributed by atoms with Gasteiger partial charge < -0.3 is 5.32 Å². The number of benzene rings is 1. The van der Waals surface area contributed by atoms with Crippen LogP contribution in [0, 0.1) is 3.57 Å². The highest BCUT2D eigenvalue weighted by molar-refractivity contribution is 14.1. The average Bonchev–Trinajstić information content (AvgIpc) is 1.90. The second-order valence-electron chi connectivity index (χ2n) is 2.85. The van der Waals surface area contributed by atoms with Gasteiger partial charge >= 0.3 is 0 Å². The van der Waals surface area contributed by atoms with Crippen molar-refractivity contribution in [1.82, 2.24) is 5.32 Å². The van der Waals surface area contributed by atoms with Gasteiger partial charge in [-0.2, -0.15) is 0 Å². The van der Waals surface area contributed by atoms with Crippen LogP contribution < -0.4 is 5.32 Å². The molecule has 1 aliphatic rings. The first-order chi connectivity index (χ1) is 5.36. The minimum atomic E-state index is 0.631. The molecular weight excluding hydrogens is 249 g/mol. The van der Waals surface area contributed by atoms with E-state index in [1.54, 1.807) is 0 Å². The van der Waals surface area contributed by atoms with Crippen molar-refractivity contribution in [3.05, 3.63) is 33.4 Å². The molecule has 0 bridgehead atoms. The summed E-state index contributed by atoms with van der Waals surface area (Å²) < 4.78 is 1.31. The lowest BCUT2D eigenvalue weighted by Gasteiger charge is -2.27. The predicted octanol–water partition coefficient (Wildman–Crippen LogP) is 2.33. The Morgan fingerprint density at radius 3 is 2.36 bits per heavy atom. The summed E-state index contributed by atoms with van der Waals surface area (Å²) in [5.74, 6) is 0. The fraction of sp³-hybridized carbons (Fsp3) is 0.333. The summed E-state index contributed by atoms with van der Waals surface area (Å²) in [6.45, 7) is 1.18. The summed E-state index contributed by atoms with van der Waals surface area (Å²) in [6.07, 6.45) is 1.29. The SMILES string of the molecule is Ic1ccc([C@@H]2CCN2)cc1. The molecule has 0 aliphatic carbocycles. The smallest absolute Gasteiger partial charge is 0.0332 e. The molecule has 0 aromatic heterocycles. The first kappa shape index (κ1) is 7.55. The molecule has 1 fully saturated rings. The third-order valence-electron chi connectivity index (χ3n) is 2.10. The molecule has 58 valence electrons. The maximum Gasteiger partial charge on any atom is 0.0332 e. The third kappa shape index (κ3) is 1.56. The fourth-order valence-corrected chi connectivity index (χ4v) is 1.63. The van der Waals surface area contributed by atoms with E-state index >= 15 is 0 Å². The van der Waals surface area contributed by atoms with E-state index in [1.165, 1.54) is 22.1 Å². The normalized spacial score (nSPS) is 22.8. The lowest BCUT2D eigenvalue weighted by atomic mass is 9.98. The van der Waals surface area contributed by atoms with Crippen molar-refractivity contribution in [2.75, 3.05) is 6.54 Å². The Morgan fingerprint density at radius 1 is 1.27 bits per heavy atom. The number of hydrogen-bond donors (Lipinski definition) is 1. The highest BCUT2D eigenvalue weighted by Gasteiger charge is 2.17. The van der Waals surface area contributed by atoms with Crippen LogP contribution in [0.2, 0.25) is 0 Å². The Bertz CT molecular complexity index is 238. The summed E-state index contributed by atoms with van der Waals surface area (Å²) in [6, 6.07) is 9.37. The molecule has 1 atom stereocenters. The topological polar surface area (TPSA) is 12.0 Å². The molecule has 1 nitrogen and oxygen atoms in total. The van der Waals surface area contributed by atoms with Gasteiger partial charge in [-0.15, -0.1) is 0 Å². The van der Waals surface area contributed by atoms with Crippen LogP contribution >= 0.6 is 22.6 Å². The Labute approximate surface area is 80.3 Å². The molecule has 2 rings (SSSR count). The van der Waals surface area contributed by atoms with Crippen molar-refractivity contribution >= 4 is 22.6 Å². The maximum absolute atomic E-state index is 3.38. The van der Waals surface area contributed by atoms with Crippen molar-refractivity contribution in [1.29, 1.82) is 0 Å². The van der Waals surface area contributed by atoms with Gasteiger partial charge in [0.15, 0.2) is 0 Å². The fourth-order valence-electron chi connectivity index (χ4n) is 1.27. The molecular formula is C9H10IN. The monoisotopic (exact) mass is 259 g/mol. The van der Waals surface area contributed by atoms with E-state index in [2.05, 4.69) is 52.2 Å². The lowest BCUT2D eigenvalue weighted by Crippen LogP contribution is -2.34. The van der Waals surface area contributed by atoms with E-state index in [0.717, 1.165) is 0 Å². The number of rotatable bonds is 1. The molecule has 1 aliphatic heterocycles. The number of halogens is 1. The summed E-state index contributed by atoms with van der Waals surface area (Å²) in [5, 5.41) is 3.38. The van der Waals surface area contributed by atoms with Gasteiger partial charge in [-0.05, 0) is 53.3 Å². The zero-order chi connectivity index (χ0) is 7.68. The summed E-state index contributed by atoms with van der Waals surface area (Å²) >= 11 is 2.33. The van der Waals surface area contributed by atoms with E-state index in [9.17, 15) is 0 Å². The van der Waals surface area contributed by atoms with Crippen LogP contribution in [0.15, 0.2) is 24.3 Å². The van der Waals surface area contributed by atoms with E-state index < -0.39 is 0 Å². The Balaban J connectivity index is 2.18. The first-order valence-electron chi connectivity index (χ1n) is 3.85. The van der Waals surface area contributed by atoms with E-state index in [1.807, 2.05) is 0 Å². The van der Waals surface area contributed by atoms with Crippen LogP contribution in [0.1, 0.15) is 18.0 Å². The summed E-state index contributed by atoms with van der Waals surface area (Å²) in [7, 11) is 0. The van der Waals surface area contributed by atoms with Crippen LogP contribution in [-0.2, 0) is 0 Å². The molecule has 1 N–H and O–H groups in total. The zero-order valence-electron chi connectivity index (χ0n) is 6.18. The van der Waals surface area contributed by atoms with E-state index in [-0.39, 0.29) is 0 Å². The molecule has 0 amide bonds. The van der Waals surface area contributed by atoms with Crippen molar-refractivity contribution in [2.24, 2.45) is 0 Å². The Morgan fingerprint density at radius 2 is 1.91 bits per heavy atom. The second-order valence-corrected chi connectivity index (χ2v) is 4.09. The largest absolute Gasteiger partial charge is 0.310 e. The molecule has 0 spiro atoms. The minimum absolute atomic E-state index is 0.631. The van der Waals surface area contributed by atoms with Crippen molar-refractivity contribution in [3.8, 4) is 0 Å². The van der Waals surface area contributed by atoms with Gasteiger partial charge in [-0.3, -0.25) is 0 Å². The van der Waals surface area contributed by atoms with Crippen LogP contribution in [-0.4, -0.2) is 6.54 Å². The molecule has 1 aromatic rings. The number of nitrogens with one attached hydrogen (secondary N) is 1. The number of hydrogen-bond acceptors (Lipinski definition) is 1. The highest BCUT2D eigenvalue weighted by atomic mass is 127. The van der Waals surface area contributed by atoms with Crippen LogP contribution in [0.5, 0.6) is 0 Å². The molecule has 0 radical (unpaired) electrons. The molecule has 1 heterocycles. The standard InChI is InChI=1S/C9H10IN/c10-8-3-1-7(2-4-8)9-5-6-11-9/h1-4,9,11H,5-6H2/t9-/m0/s1. The summed E-state index contributed by atoms with van der Waals surface area (Å²) in [5.41, 5.74) is 1.43. The average molecular weight is 259 g/mol. The predicted molar refractivity (Wildman–Crippen MR) is 54.5 cm³/mol. The van der Waals surface area contributed by atoms with Gasteiger partial charge in [0, 0.05) is 9.61 Å². The van der Waals surface area contributed by atoms with Crippen molar-refractivity contribution in [2.45, 2.75) is 12.5 Å². The van der Waals surface area contributed by atoms with Gasteiger partial charge in [0.1, 0.15) is 0 Å². The van der Waals surface area contributed by atoms with Crippen molar-refractivity contribution < 1.29 is 0 Å². The van der Waals surface area contributed by atoms with Crippen molar-refractivity contribution in [3.63, 3.8) is 0 Å². The quantitative estimate of drug-likeness (QED) is 0.763. The summed E-state index contributed by atoms with van der Waals surface area (Å²) in [4.78, 5) is 0. The Kier molecular flexibility index (Phi) is 2.13. The molecule has 0 saturated carbocycles. The van der Waals surface area contributed by atoms with Gasteiger partial charge in [0.05, 0.1) is 0 Å². The molecule has 1 saturated heterocycles.